The van der Waals surface area contributed by atoms with Crippen LogP contribution in [0.5, 0.6) is 0 Å². The van der Waals surface area contributed by atoms with Gasteiger partial charge in [0, 0.05) is 47.1 Å². The van der Waals surface area contributed by atoms with Crippen LogP contribution in [-0.2, 0) is 13.0 Å². The lowest BCUT2D eigenvalue weighted by Gasteiger charge is -2.37. The fourth-order valence-corrected chi connectivity index (χ4v) is 8.89. The van der Waals surface area contributed by atoms with Gasteiger partial charge in [0.25, 0.3) is 11.8 Å². The van der Waals surface area contributed by atoms with E-state index in [4.69, 9.17) is 27.4 Å². The fourth-order valence-electron chi connectivity index (χ4n) is 8.73. The molecule has 10 nitrogen and oxygen atoms in total. The van der Waals surface area contributed by atoms with Crippen molar-refractivity contribution in [1.82, 2.24) is 24.8 Å². The summed E-state index contributed by atoms with van der Waals surface area (Å²) < 4.78 is 4.51. The summed E-state index contributed by atoms with van der Waals surface area (Å²) in [7, 11) is 0. The van der Waals surface area contributed by atoms with E-state index in [1.807, 2.05) is 30.0 Å². The van der Waals surface area contributed by atoms with Crippen molar-refractivity contribution in [3.63, 3.8) is 0 Å². The lowest BCUT2D eigenvalue weighted by atomic mass is 9.93. The van der Waals surface area contributed by atoms with Gasteiger partial charge in [0.05, 0.1) is 29.5 Å². The van der Waals surface area contributed by atoms with Gasteiger partial charge < -0.3 is 16.0 Å². The Bertz CT molecular complexity index is 2040. The number of nitrogens with one attached hydrogen (secondary N) is 1. The maximum atomic E-state index is 13.9. The monoisotopic (exact) mass is 677 g/mol. The van der Waals surface area contributed by atoms with Crippen LogP contribution in [0.15, 0.2) is 53.6 Å². The van der Waals surface area contributed by atoms with Crippen molar-refractivity contribution < 1.29 is 14.3 Å². The Morgan fingerprint density at radius 1 is 1.00 bits per heavy atom. The molecule has 0 spiro atoms. The molecule has 5 atom stereocenters. The van der Waals surface area contributed by atoms with Crippen LogP contribution in [0.25, 0.3) is 11.0 Å². The van der Waals surface area contributed by atoms with Gasteiger partial charge in [-0.3, -0.25) is 9.59 Å². The number of amides is 2. The summed E-state index contributed by atoms with van der Waals surface area (Å²) in [4.78, 5) is 38.9. The number of hydrogen-bond acceptors (Lipinski definition) is 6. The quantitative estimate of drug-likeness (QED) is 0.176. The summed E-state index contributed by atoms with van der Waals surface area (Å²) in [5.41, 5.74) is 12.2. The highest BCUT2D eigenvalue weighted by atomic mass is 35.5. The Morgan fingerprint density at radius 3 is 2.71 bits per heavy atom. The third-order valence-corrected chi connectivity index (χ3v) is 11.8. The number of carbonyl (C=O) groups is 2. The van der Waals surface area contributed by atoms with Crippen LogP contribution in [0.2, 0.25) is 5.15 Å². The highest BCUT2D eigenvalue weighted by Gasteiger charge is 2.46. The first-order valence-electron chi connectivity index (χ1n) is 18.0. The first-order valence-corrected chi connectivity index (χ1v) is 18.4. The summed E-state index contributed by atoms with van der Waals surface area (Å²) in [6, 6.07) is 16.0. The van der Waals surface area contributed by atoms with E-state index in [-0.39, 0.29) is 29.9 Å². The minimum Gasteiger partial charge on any atom is -0.344 e. The van der Waals surface area contributed by atoms with Crippen LogP contribution < -0.4 is 11.1 Å². The molecule has 9 rings (SSSR count). The van der Waals surface area contributed by atoms with Gasteiger partial charge in [0.2, 0.25) is 5.65 Å². The molecule has 3 aromatic heterocycles. The lowest BCUT2D eigenvalue weighted by molar-refractivity contribution is -0.556. The number of carbonyl (C=O) groups excluding carboxylic acids is 2. The van der Waals surface area contributed by atoms with E-state index in [0.717, 1.165) is 91.8 Å². The Balaban J connectivity index is 1.08. The number of aromatic nitrogens is 3. The number of likely N-dealkylation sites (tertiary alicyclic amines) is 1. The molecule has 11 heteroatoms. The van der Waals surface area contributed by atoms with Crippen LogP contribution in [0.3, 0.4) is 0 Å². The van der Waals surface area contributed by atoms with Gasteiger partial charge in [-0.05, 0) is 107 Å². The van der Waals surface area contributed by atoms with Gasteiger partial charge in [0.1, 0.15) is 10.8 Å². The first-order chi connectivity index (χ1) is 23.8. The zero-order valence-electron chi connectivity index (χ0n) is 27.8. The predicted octanol–water partition coefficient (Wildman–Crippen LogP) is 7.15. The molecule has 2 aliphatic carbocycles. The molecule has 3 N–H and O–H groups in total. The molecular weight excluding hydrogens is 636 g/mol. The maximum Gasteiger partial charge on any atom is 0.305 e. The third-order valence-electron chi connectivity index (χ3n) is 11.6. The number of piperidine rings is 1. The summed E-state index contributed by atoms with van der Waals surface area (Å²) in [5.74, 6) is 1.96. The molecular formula is C38H42ClN8O2+. The number of azo groups is 2. The Morgan fingerprint density at radius 2 is 1.86 bits per heavy atom. The molecule has 1 saturated heterocycles. The molecule has 1 unspecified atom stereocenters. The molecule has 4 aromatic rings. The Hall–Kier alpha value is -4.15. The van der Waals surface area contributed by atoms with Crippen LogP contribution >= 0.6 is 11.6 Å². The van der Waals surface area contributed by atoms with E-state index < -0.39 is 0 Å². The smallest absolute Gasteiger partial charge is 0.305 e. The molecule has 49 heavy (non-hydrogen) atoms. The van der Waals surface area contributed by atoms with Crippen LogP contribution in [0.4, 0.5) is 11.5 Å². The van der Waals surface area contributed by atoms with Gasteiger partial charge in [-0.2, -0.15) is 0 Å². The number of hydrogen-bond donors (Lipinski definition) is 2. The minimum absolute atomic E-state index is 0.0562. The lowest BCUT2D eigenvalue weighted by Crippen LogP contribution is -2.51. The van der Waals surface area contributed by atoms with Crippen molar-refractivity contribution in [2.45, 2.75) is 95.4 Å². The molecule has 4 bridgehead atoms. The SMILES string of the molecule is C[C@H]1NC(=O)c2ccc(Cl)nc2CCCCCn2c([N+]3=Nc4cc(C(=O)N5C[C@H](N)[C@@H]6CC[C@H]5C6)ccc4C3C3CC3)cc3ccc1nc32. The number of nitrogens with zero attached hydrogens (tertiary/aromatic N) is 6. The molecule has 2 saturated carbocycles. The minimum atomic E-state index is -0.310. The number of aryl methyl sites for hydroxylation is 2. The summed E-state index contributed by atoms with van der Waals surface area (Å²) in [6.45, 7) is 3.38. The number of pyridine rings is 2. The average molecular weight is 678 g/mol. The second-order valence-electron chi connectivity index (χ2n) is 14.8. The van der Waals surface area contributed by atoms with Gasteiger partial charge in [-0.15, -0.1) is 4.70 Å². The van der Waals surface area contributed by atoms with Crippen molar-refractivity contribution in [2.75, 3.05) is 6.54 Å². The molecule has 2 amide bonds. The molecule has 252 valence electrons. The summed E-state index contributed by atoms with van der Waals surface area (Å²) >= 11 is 6.24. The van der Waals surface area contributed by atoms with Crippen LogP contribution in [-0.4, -0.2) is 54.6 Å². The highest BCUT2D eigenvalue weighted by molar-refractivity contribution is 6.29. The number of benzene rings is 1. The Kier molecular flexibility index (Phi) is 7.57. The number of fused-ring (bicyclic) bond motifs is 5. The van der Waals surface area contributed by atoms with Crippen LogP contribution in [0, 0.1) is 11.8 Å². The zero-order valence-corrected chi connectivity index (χ0v) is 28.6. The second kappa shape index (κ2) is 12.0. The standard InChI is InChI=1S/C38H41ClN8O2/c1-21-30-14-10-24-19-34(45(36(24)43-30)16-4-2-3-5-31-28(37(48)41-21)13-15-33(39)42-31)47-35(22-6-7-22)27-12-9-25(18-32(27)44-47)38(49)46-20-29(40)23-8-11-26(46)17-23/h9-10,12-15,18-19,21-23,26,29,35H,2-8,11,16-17,20,40H2,1H3/p+1/t21-,23-,26+,29+,35?/m1/s1. The molecule has 3 aliphatic heterocycles. The number of rotatable bonds is 3. The van der Waals surface area contributed by atoms with Crippen molar-refractivity contribution in [3.8, 4) is 0 Å². The van der Waals surface area contributed by atoms with E-state index in [1.54, 1.807) is 12.1 Å². The molecule has 5 aliphatic rings. The highest BCUT2D eigenvalue weighted by Crippen LogP contribution is 2.52. The molecule has 3 fully saturated rings. The molecule has 1 aromatic carbocycles. The van der Waals surface area contributed by atoms with E-state index in [0.29, 0.717) is 47.1 Å². The number of halogens is 1. The second-order valence-corrected chi connectivity index (χ2v) is 15.2. The van der Waals surface area contributed by atoms with Crippen LogP contribution in [0.1, 0.15) is 108 Å². The van der Waals surface area contributed by atoms with Crippen molar-refractivity contribution >= 4 is 46.0 Å². The normalized spacial score (nSPS) is 26.7. The van der Waals surface area contributed by atoms with E-state index in [2.05, 4.69) is 37.8 Å². The van der Waals surface area contributed by atoms with Gasteiger partial charge in [-0.25, -0.2) is 14.5 Å². The Labute approximate surface area is 290 Å². The van der Waals surface area contributed by atoms with E-state index in [9.17, 15) is 9.59 Å². The average Bonchev–Trinajstić information content (AvgIpc) is 3.57. The van der Waals surface area contributed by atoms with Gasteiger partial charge in [0.15, 0.2) is 6.04 Å². The molecule has 0 radical (unpaired) electrons. The third kappa shape index (κ3) is 5.44. The van der Waals surface area contributed by atoms with Crippen molar-refractivity contribution in [3.05, 3.63) is 81.8 Å². The fraction of sp³-hybridized carbons (Fsp3) is 0.474. The van der Waals surface area contributed by atoms with Gasteiger partial charge >= 0.3 is 5.82 Å². The van der Waals surface area contributed by atoms with Crippen molar-refractivity contribution in [2.24, 2.45) is 22.7 Å². The summed E-state index contributed by atoms with van der Waals surface area (Å²) in [5, 5.41) is 9.85. The van der Waals surface area contributed by atoms with E-state index >= 15 is 0 Å². The van der Waals surface area contributed by atoms with Gasteiger partial charge in [-0.1, -0.05) is 22.8 Å². The first kappa shape index (κ1) is 30.9. The zero-order chi connectivity index (χ0) is 33.4. The largest absolute Gasteiger partial charge is 0.344 e. The molecule has 6 heterocycles. The topological polar surface area (TPSA) is 122 Å². The maximum absolute atomic E-state index is 13.9. The van der Waals surface area contributed by atoms with E-state index in [1.165, 1.54) is 5.56 Å². The van der Waals surface area contributed by atoms with Crippen molar-refractivity contribution in [1.29, 1.82) is 0 Å². The predicted molar refractivity (Wildman–Crippen MR) is 186 cm³/mol. The summed E-state index contributed by atoms with van der Waals surface area (Å²) in [6.07, 6.45) is 8.96. The number of nitrogens with two attached hydrogens (primary N) is 1.